The van der Waals surface area contributed by atoms with Gasteiger partial charge in [-0.2, -0.15) is 0 Å². The van der Waals surface area contributed by atoms with Crippen LogP contribution >= 0.6 is 11.3 Å². The molecule has 1 aromatic carbocycles. The van der Waals surface area contributed by atoms with Crippen molar-refractivity contribution in [1.29, 1.82) is 0 Å². The Morgan fingerprint density at radius 3 is 2.76 bits per heavy atom. The molecule has 0 bridgehead atoms. The highest BCUT2D eigenvalue weighted by Gasteiger charge is 2.16. The lowest BCUT2D eigenvalue weighted by molar-refractivity contribution is -0.138. The molecule has 17 heavy (non-hydrogen) atoms. The largest absolute Gasteiger partial charge is 0.481 e. The van der Waals surface area contributed by atoms with Crippen molar-refractivity contribution in [1.82, 2.24) is 4.98 Å². The van der Waals surface area contributed by atoms with Crippen molar-refractivity contribution in [2.24, 2.45) is 0 Å². The lowest BCUT2D eigenvalue weighted by atomic mass is 10.1. The van der Waals surface area contributed by atoms with Gasteiger partial charge in [0.25, 0.3) is 0 Å². The zero-order chi connectivity index (χ0) is 12.3. The molecule has 0 aliphatic rings. The number of rotatable bonds is 4. The van der Waals surface area contributed by atoms with Crippen LogP contribution in [0.2, 0.25) is 0 Å². The van der Waals surface area contributed by atoms with E-state index in [1.54, 1.807) is 12.3 Å². The Morgan fingerprint density at radius 1 is 1.41 bits per heavy atom. The molecule has 88 valence electrons. The van der Waals surface area contributed by atoms with E-state index < -0.39 is 11.9 Å². The highest BCUT2D eigenvalue weighted by molar-refractivity contribution is 7.13. The molecule has 1 atom stereocenters. The average Bonchev–Trinajstić information content (AvgIpc) is 2.77. The van der Waals surface area contributed by atoms with Crippen molar-refractivity contribution in [3.8, 4) is 0 Å². The van der Waals surface area contributed by atoms with E-state index in [1.165, 1.54) is 11.3 Å². The van der Waals surface area contributed by atoms with Crippen LogP contribution in [0.3, 0.4) is 0 Å². The number of nitrogens with zero attached hydrogens (tertiary/aromatic N) is 1. The highest BCUT2D eigenvalue weighted by atomic mass is 32.1. The van der Waals surface area contributed by atoms with Crippen LogP contribution in [0.25, 0.3) is 0 Å². The summed E-state index contributed by atoms with van der Waals surface area (Å²) in [5.74, 6) is -1.43. The van der Waals surface area contributed by atoms with Crippen LogP contribution in [-0.2, 0) is 4.79 Å². The molecule has 0 aliphatic heterocycles. The number of nitrogens with one attached hydrogen (secondary N) is 1. The van der Waals surface area contributed by atoms with Crippen molar-refractivity contribution in [3.05, 3.63) is 41.4 Å². The van der Waals surface area contributed by atoms with Crippen molar-refractivity contribution < 1.29 is 9.90 Å². The average molecular weight is 248 g/mol. The van der Waals surface area contributed by atoms with Crippen LogP contribution in [0.5, 0.6) is 0 Å². The number of thiazole rings is 1. The van der Waals surface area contributed by atoms with E-state index in [-0.39, 0.29) is 0 Å². The number of carboxylic acids is 1. The fraction of sp³-hybridized carbons (Fsp3) is 0.167. The van der Waals surface area contributed by atoms with Gasteiger partial charge >= 0.3 is 5.97 Å². The number of benzene rings is 1. The second-order valence-electron chi connectivity index (χ2n) is 3.63. The Hall–Kier alpha value is -1.88. The molecule has 1 aromatic heterocycles. The molecule has 2 N–H and O–H groups in total. The van der Waals surface area contributed by atoms with Crippen LogP contribution in [0, 0.1) is 0 Å². The first kappa shape index (κ1) is 11.6. The van der Waals surface area contributed by atoms with Gasteiger partial charge in [-0.05, 0) is 19.1 Å². The summed E-state index contributed by atoms with van der Waals surface area (Å²) < 4.78 is 0. The summed E-state index contributed by atoms with van der Waals surface area (Å²) in [7, 11) is 0. The molecule has 2 aromatic rings. The predicted octanol–water partition coefficient (Wildman–Crippen LogP) is 3.07. The van der Waals surface area contributed by atoms with E-state index in [9.17, 15) is 4.79 Å². The Bertz CT molecular complexity index is 510. The predicted molar refractivity (Wildman–Crippen MR) is 67.9 cm³/mol. The van der Waals surface area contributed by atoms with E-state index in [0.29, 0.717) is 10.8 Å². The third-order valence-electron chi connectivity index (χ3n) is 2.36. The van der Waals surface area contributed by atoms with Gasteiger partial charge in [0, 0.05) is 11.1 Å². The maximum atomic E-state index is 10.8. The minimum Gasteiger partial charge on any atom is -0.481 e. The van der Waals surface area contributed by atoms with Gasteiger partial charge in [0.1, 0.15) is 0 Å². The number of hydrogen-bond acceptors (Lipinski definition) is 4. The van der Waals surface area contributed by atoms with Crippen LogP contribution < -0.4 is 5.32 Å². The lowest BCUT2D eigenvalue weighted by Gasteiger charge is -2.02. The molecule has 1 unspecified atom stereocenters. The molecule has 0 spiro atoms. The fourth-order valence-corrected chi connectivity index (χ4v) is 2.14. The summed E-state index contributed by atoms with van der Waals surface area (Å²) in [4.78, 5) is 15.1. The van der Waals surface area contributed by atoms with Crippen molar-refractivity contribution in [3.63, 3.8) is 0 Å². The molecule has 0 fully saturated rings. The monoisotopic (exact) mass is 248 g/mol. The minimum absolute atomic E-state index is 0.572. The number of hydrogen-bond donors (Lipinski definition) is 2. The number of carboxylic acid groups (broad SMARTS) is 1. The number of aliphatic carboxylic acids is 1. The molecule has 0 saturated heterocycles. The second kappa shape index (κ2) is 4.97. The van der Waals surface area contributed by atoms with E-state index >= 15 is 0 Å². The summed E-state index contributed by atoms with van der Waals surface area (Å²) >= 11 is 1.40. The molecule has 4 nitrogen and oxygen atoms in total. The Morgan fingerprint density at radius 2 is 2.12 bits per heavy atom. The zero-order valence-corrected chi connectivity index (χ0v) is 10.1. The Kier molecular flexibility index (Phi) is 3.39. The topological polar surface area (TPSA) is 62.2 Å². The summed E-state index contributed by atoms with van der Waals surface area (Å²) in [5.41, 5.74) is 1.53. The fourth-order valence-electron chi connectivity index (χ4n) is 1.31. The van der Waals surface area contributed by atoms with Gasteiger partial charge in [0.15, 0.2) is 5.13 Å². The molecule has 0 radical (unpaired) electrons. The number of anilines is 2. The van der Waals surface area contributed by atoms with E-state index in [4.69, 9.17) is 5.11 Å². The summed E-state index contributed by atoms with van der Waals surface area (Å²) in [5, 5.41) is 14.5. The first-order valence-corrected chi connectivity index (χ1v) is 6.05. The van der Waals surface area contributed by atoms with Crippen molar-refractivity contribution >= 4 is 28.1 Å². The van der Waals surface area contributed by atoms with Gasteiger partial charge in [0.2, 0.25) is 0 Å². The molecule has 0 aliphatic carbocycles. The van der Waals surface area contributed by atoms with E-state index in [2.05, 4.69) is 10.3 Å². The molecular formula is C12H12N2O2S. The number of carbonyl (C=O) groups is 1. The quantitative estimate of drug-likeness (QED) is 0.872. The maximum absolute atomic E-state index is 10.8. The molecule has 5 heteroatoms. The van der Waals surface area contributed by atoms with Crippen molar-refractivity contribution in [2.45, 2.75) is 12.8 Å². The molecular weight excluding hydrogens is 236 g/mol. The van der Waals surface area contributed by atoms with Crippen molar-refractivity contribution in [2.75, 3.05) is 5.32 Å². The normalized spacial score (nSPS) is 12.1. The van der Waals surface area contributed by atoms with Gasteiger partial charge in [-0.1, -0.05) is 18.2 Å². The SMILES string of the molecule is CC(C(=O)O)c1csc(Nc2ccccc2)n1. The van der Waals surface area contributed by atoms with Gasteiger partial charge in [-0.3, -0.25) is 4.79 Å². The third-order valence-corrected chi connectivity index (χ3v) is 3.14. The zero-order valence-electron chi connectivity index (χ0n) is 9.25. The Labute approximate surface area is 103 Å². The number of aromatic nitrogens is 1. The van der Waals surface area contributed by atoms with Gasteiger partial charge in [0.05, 0.1) is 11.6 Å². The third kappa shape index (κ3) is 2.82. The maximum Gasteiger partial charge on any atom is 0.312 e. The first-order valence-electron chi connectivity index (χ1n) is 5.17. The van der Waals surface area contributed by atoms with Crippen LogP contribution in [0.1, 0.15) is 18.5 Å². The summed E-state index contributed by atoms with van der Waals surface area (Å²) in [6.07, 6.45) is 0. The van der Waals surface area contributed by atoms with Gasteiger partial charge in [-0.15, -0.1) is 11.3 Å². The standard InChI is InChI=1S/C12H12N2O2S/c1-8(11(15)16)10-7-17-12(14-10)13-9-5-3-2-4-6-9/h2-8H,1H3,(H,13,14)(H,15,16). The molecule has 0 amide bonds. The smallest absolute Gasteiger partial charge is 0.312 e. The molecule has 1 heterocycles. The minimum atomic E-state index is -0.860. The number of para-hydroxylation sites is 1. The summed E-state index contributed by atoms with van der Waals surface area (Å²) in [6.45, 7) is 1.63. The van der Waals surface area contributed by atoms with Crippen LogP contribution in [0.15, 0.2) is 35.7 Å². The first-order chi connectivity index (χ1) is 8.16. The van der Waals surface area contributed by atoms with Crippen LogP contribution in [-0.4, -0.2) is 16.1 Å². The van der Waals surface area contributed by atoms with E-state index in [0.717, 1.165) is 5.69 Å². The molecule has 2 rings (SSSR count). The Balaban J connectivity index is 2.11. The summed E-state index contributed by atoms with van der Waals surface area (Å²) in [6, 6.07) is 9.65. The second-order valence-corrected chi connectivity index (χ2v) is 4.49. The highest BCUT2D eigenvalue weighted by Crippen LogP contribution is 2.24. The molecule has 0 saturated carbocycles. The van der Waals surface area contributed by atoms with E-state index in [1.807, 2.05) is 30.3 Å². The van der Waals surface area contributed by atoms with Gasteiger partial charge in [-0.25, -0.2) is 4.98 Å². The van der Waals surface area contributed by atoms with Crippen LogP contribution in [0.4, 0.5) is 10.8 Å². The van der Waals surface area contributed by atoms with Gasteiger partial charge < -0.3 is 10.4 Å². The lowest BCUT2D eigenvalue weighted by Crippen LogP contribution is -2.07.